The van der Waals surface area contributed by atoms with Crippen molar-refractivity contribution in [3.63, 3.8) is 0 Å². The van der Waals surface area contributed by atoms with Gasteiger partial charge in [-0.2, -0.15) is 0 Å². The van der Waals surface area contributed by atoms with E-state index in [-0.39, 0.29) is 11.4 Å². The van der Waals surface area contributed by atoms with Gasteiger partial charge in [0.25, 0.3) is 0 Å². The molecule has 2 aromatic carbocycles. The molecule has 0 aromatic heterocycles. The molecule has 0 aliphatic carbocycles. The Morgan fingerprint density at radius 2 is 1.58 bits per heavy atom. The molecule has 0 fully saturated rings. The van der Waals surface area contributed by atoms with Crippen LogP contribution < -0.4 is 14.8 Å². The van der Waals surface area contributed by atoms with Crippen molar-refractivity contribution >= 4 is 11.7 Å². The molecule has 0 aliphatic heterocycles. The Morgan fingerprint density at radius 3 is 2.12 bits per heavy atom. The minimum atomic E-state index is -0.160. The third-order valence-electron chi connectivity index (χ3n) is 4.10. The summed E-state index contributed by atoms with van der Waals surface area (Å²) in [5.41, 5.74) is 2.11. The zero-order valence-electron chi connectivity index (χ0n) is 16.2. The molecule has 140 valence electrons. The maximum atomic E-state index is 12.3. The number of carbonyl (C=O) groups is 1. The molecule has 5 heteroatoms. The number of carbonyl (C=O) groups excluding carboxylic acids is 1. The van der Waals surface area contributed by atoms with Gasteiger partial charge in [0.05, 0.1) is 13.7 Å². The van der Waals surface area contributed by atoms with Crippen LogP contribution in [0.15, 0.2) is 48.5 Å². The zero-order valence-corrected chi connectivity index (χ0v) is 16.2. The van der Waals surface area contributed by atoms with Gasteiger partial charge in [0, 0.05) is 12.7 Å². The number of methoxy groups -OCH3 is 1. The number of hydrogen-bond donors (Lipinski definition) is 1. The van der Waals surface area contributed by atoms with Gasteiger partial charge in [-0.15, -0.1) is 0 Å². The first-order valence-electron chi connectivity index (χ1n) is 8.69. The number of nitrogens with zero attached hydrogens (tertiary/aromatic N) is 1. The maximum absolute atomic E-state index is 12.3. The molecule has 0 atom stereocenters. The predicted molar refractivity (Wildman–Crippen MR) is 105 cm³/mol. The van der Waals surface area contributed by atoms with Crippen molar-refractivity contribution in [2.45, 2.75) is 26.2 Å². The second-order valence-corrected chi connectivity index (χ2v) is 7.20. The molecule has 0 radical (unpaired) electrons. The highest BCUT2D eigenvalue weighted by atomic mass is 16.5. The highest BCUT2D eigenvalue weighted by Gasteiger charge is 2.14. The van der Waals surface area contributed by atoms with Crippen LogP contribution in [0.2, 0.25) is 0 Å². The molecule has 0 saturated carbocycles. The summed E-state index contributed by atoms with van der Waals surface area (Å²) in [5, 5.41) is 2.90. The third-order valence-corrected chi connectivity index (χ3v) is 4.10. The summed E-state index contributed by atoms with van der Waals surface area (Å²) in [7, 11) is 3.37. The molecule has 0 bridgehead atoms. The van der Waals surface area contributed by atoms with Crippen molar-refractivity contribution in [3.05, 3.63) is 54.1 Å². The van der Waals surface area contributed by atoms with Crippen molar-refractivity contribution < 1.29 is 14.3 Å². The maximum Gasteiger partial charge on any atom is 0.321 e. The molecule has 0 heterocycles. The van der Waals surface area contributed by atoms with Gasteiger partial charge in [-0.3, -0.25) is 0 Å². The second-order valence-electron chi connectivity index (χ2n) is 7.20. The molecule has 2 rings (SSSR count). The molecular weight excluding hydrogens is 328 g/mol. The van der Waals surface area contributed by atoms with E-state index in [0.717, 1.165) is 17.2 Å². The number of nitrogens with one attached hydrogen (secondary N) is 1. The fraction of sp³-hybridized carbons (Fsp3) is 0.381. The largest absolute Gasteiger partial charge is 0.497 e. The van der Waals surface area contributed by atoms with E-state index in [4.69, 9.17) is 9.47 Å². The van der Waals surface area contributed by atoms with Crippen molar-refractivity contribution in [1.29, 1.82) is 0 Å². The lowest BCUT2D eigenvalue weighted by Crippen LogP contribution is -2.34. The first kappa shape index (κ1) is 19.6. The van der Waals surface area contributed by atoms with Crippen LogP contribution in [0.3, 0.4) is 0 Å². The minimum Gasteiger partial charge on any atom is -0.497 e. The number of amides is 2. The Balaban J connectivity index is 1.79. The first-order chi connectivity index (χ1) is 12.3. The van der Waals surface area contributed by atoms with E-state index in [0.29, 0.717) is 13.2 Å². The molecule has 0 saturated heterocycles. The van der Waals surface area contributed by atoms with E-state index < -0.39 is 0 Å². The van der Waals surface area contributed by atoms with Gasteiger partial charge in [0.15, 0.2) is 0 Å². The van der Waals surface area contributed by atoms with Crippen molar-refractivity contribution in [2.24, 2.45) is 0 Å². The van der Waals surface area contributed by atoms with Crippen LogP contribution >= 0.6 is 0 Å². The van der Waals surface area contributed by atoms with Gasteiger partial charge in [-0.1, -0.05) is 32.9 Å². The molecule has 0 unspecified atom stereocenters. The number of rotatable bonds is 6. The van der Waals surface area contributed by atoms with Crippen LogP contribution in [0.25, 0.3) is 0 Å². The predicted octanol–water partition coefficient (Wildman–Crippen LogP) is 4.54. The highest BCUT2D eigenvalue weighted by Crippen LogP contribution is 2.23. The molecule has 1 N–H and O–H groups in total. The molecule has 5 nitrogen and oxygen atoms in total. The lowest BCUT2D eigenvalue weighted by molar-refractivity contribution is 0.207. The van der Waals surface area contributed by atoms with E-state index in [1.165, 1.54) is 5.56 Å². The van der Waals surface area contributed by atoms with Gasteiger partial charge in [-0.05, 0) is 47.4 Å². The number of benzene rings is 2. The number of anilines is 1. The summed E-state index contributed by atoms with van der Waals surface area (Å²) in [4.78, 5) is 13.9. The van der Waals surface area contributed by atoms with E-state index in [2.05, 4.69) is 26.1 Å². The topological polar surface area (TPSA) is 50.8 Å². The SMILES string of the molecule is COc1ccc(OCCN(C)C(=O)Nc2ccc(C(C)(C)C)cc2)cc1. The van der Waals surface area contributed by atoms with Gasteiger partial charge < -0.3 is 19.7 Å². The highest BCUT2D eigenvalue weighted by molar-refractivity contribution is 5.89. The van der Waals surface area contributed by atoms with Crippen molar-refractivity contribution in [1.82, 2.24) is 4.90 Å². The van der Waals surface area contributed by atoms with Crippen LogP contribution in [0, 0.1) is 0 Å². The number of likely N-dealkylation sites (N-methyl/N-ethyl adjacent to an activating group) is 1. The summed E-state index contributed by atoms with van der Waals surface area (Å²) in [6.07, 6.45) is 0. The quantitative estimate of drug-likeness (QED) is 0.827. The van der Waals surface area contributed by atoms with Crippen LogP contribution in [0.5, 0.6) is 11.5 Å². The number of ether oxygens (including phenoxy) is 2. The fourth-order valence-corrected chi connectivity index (χ4v) is 2.35. The first-order valence-corrected chi connectivity index (χ1v) is 8.69. The van der Waals surface area contributed by atoms with Crippen LogP contribution in [0.1, 0.15) is 26.3 Å². The molecule has 0 aliphatic rings. The number of urea groups is 1. The lowest BCUT2D eigenvalue weighted by Gasteiger charge is -2.20. The molecular formula is C21H28N2O3. The van der Waals surface area contributed by atoms with Crippen molar-refractivity contribution in [2.75, 3.05) is 32.6 Å². The van der Waals surface area contributed by atoms with Gasteiger partial charge in [0.1, 0.15) is 18.1 Å². The summed E-state index contributed by atoms with van der Waals surface area (Å²) in [6, 6.07) is 15.2. The Bertz CT molecular complexity index is 704. The normalized spacial score (nSPS) is 11.0. The Kier molecular flexibility index (Phi) is 6.50. The van der Waals surface area contributed by atoms with Gasteiger partial charge in [0.2, 0.25) is 0 Å². The number of hydrogen-bond acceptors (Lipinski definition) is 3. The van der Waals surface area contributed by atoms with Crippen LogP contribution in [-0.2, 0) is 5.41 Å². The fourth-order valence-electron chi connectivity index (χ4n) is 2.35. The molecule has 2 amide bonds. The molecule has 2 aromatic rings. The Morgan fingerprint density at radius 1 is 1.00 bits per heavy atom. The standard InChI is InChI=1S/C21H28N2O3/c1-21(2,3)16-6-8-17(9-7-16)22-20(24)23(4)14-15-26-19-12-10-18(25-5)11-13-19/h6-13H,14-15H2,1-5H3,(H,22,24). The Labute approximate surface area is 155 Å². The Hall–Kier alpha value is -2.69. The van der Waals surface area contributed by atoms with Gasteiger partial charge >= 0.3 is 6.03 Å². The molecule has 26 heavy (non-hydrogen) atoms. The minimum absolute atomic E-state index is 0.0954. The molecule has 0 spiro atoms. The van der Waals surface area contributed by atoms with Crippen LogP contribution in [-0.4, -0.2) is 38.2 Å². The monoisotopic (exact) mass is 356 g/mol. The second kappa shape index (κ2) is 8.61. The lowest BCUT2D eigenvalue weighted by atomic mass is 9.87. The van der Waals surface area contributed by atoms with Crippen LogP contribution in [0.4, 0.5) is 10.5 Å². The third kappa shape index (κ3) is 5.69. The van der Waals surface area contributed by atoms with Crippen molar-refractivity contribution in [3.8, 4) is 11.5 Å². The average molecular weight is 356 g/mol. The summed E-state index contributed by atoms with van der Waals surface area (Å²) in [6.45, 7) is 7.39. The zero-order chi connectivity index (χ0) is 19.2. The van der Waals surface area contributed by atoms with Gasteiger partial charge in [-0.25, -0.2) is 4.79 Å². The summed E-state index contributed by atoms with van der Waals surface area (Å²) in [5.74, 6) is 1.53. The summed E-state index contributed by atoms with van der Waals surface area (Å²) >= 11 is 0. The van der Waals surface area contributed by atoms with E-state index in [1.807, 2.05) is 48.5 Å². The average Bonchev–Trinajstić information content (AvgIpc) is 2.62. The smallest absolute Gasteiger partial charge is 0.321 e. The van der Waals surface area contributed by atoms with E-state index >= 15 is 0 Å². The summed E-state index contributed by atoms with van der Waals surface area (Å²) < 4.78 is 10.8. The van der Waals surface area contributed by atoms with E-state index in [1.54, 1.807) is 19.1 Å². The van der Waals surface area contributed by atoms with E-state index in [9.17, 15) is 4.79 Å².